The van der Waals surface area contributed by atoms with Crippen molar-refractivity contribution in [2.45, 2.75) is 0 Å². The number of hydrogen-bond donors (Lipinski definition) is 1. The Kier molecular flexibility index (Phi) is 8.45. The maximum absolute atomic E-state index is 11.1. The summed E-state index contributed by atoms with van der Waals surface area (Å²) in [6, 6.07) is 0.769. The molecule has 0 fully saturated rings. The molecule has 21 heavy (non-hydrogen) atoms. The maximum Gasteiger partial charge on any atom is 1.00 e. The van der Waals surface area contributed by atoms with E-state index in [-0.39, 0.29) is 29.6 Å². The van der Waals surface area contributed by atoms with E-state index in [1.165, 1.54) is 0 Å². The van der Waals surface area contributed by atoms with Crippen molar-refractivity contribution in [1.29, 1.82) is 0 Å². The number of nitro benzene ring substituents is 3. The second-order valence-corrected chi connectivity index (χ2v) is 2.82. The molecule has 1 aromatic carbocycles. The minimum Gasteiger partial charge on any atom is -0.863 e. The van der Waals surface area contributed by atoms with E-state index in [2.05, 4.69) is 0 Å². The van der Waals surface area contributed by atoms with Gasteiger partial charge in [0.2, 0.25) is 0 Å². The number of non-ortho nitro benzene ring substituents is 1. The fourth-order valence-corrected chi connectivity index (χ4v) is 0.961. The van der Waals surface area contributed by atoms with Crippen LogP contribution in [0.2, 0.25) is 0 Å². The van der Waals surface area contributed by atoms with E-state index in [1.807, 2.05) is 0 Å². The third kappa shape index (κ3) is 6.41. The van der Waals surface area contributed by atoms with Gasteiger partial charge in [0.15, 0.2) is 0 Å². The molecule has 0 radical (unpaired) electrons. The van der Waals surface area contributed by atoms with Crippen molar-refractivity contribution in [3.63, 3.8) is 0 Å². The molecule has 1 aromatic rings. The van der Waals surface area contributed by atoms with Crippen molar-refractivity contribution in [3.8, 4) is 5.75 Å². The Bertz CT molecular complexity index is 550. The molecule has 0 aliphatic rings. The quantitative estimate of drug-likeness (QED) is 0.341. The molecule has 0 atom stereocenters. The Morgan fingerprint density at radius 1 is 0.810 bits per heavy atom. The first-order valence-electron chi connectivity index (χ1n) is 4.19. The molecule has 0 bridgehead atoms. The van der Waals surface area contributed by atoms with Gasteiger partial charge in [0.05, 0.1) is 32.7 Å². The zero-order valence-corrected chi connectivity index (χ0v) is 12.1. The van der Waals surface area contributed by atoms with E-state index < -0.39 is 42.7 Å². The van der Waals surface area contributed by atoms with Crippen LogP contribution < -0.4 is 34.7 Å². The van der Waals surface area contributed by atoms with Gasteiger partial charge in [0.25, 0.3) is 22.1 Å². The van der Waals surface area contributed by atoms with Gasteiger partial charge >= 0.3 is 29.6 Å². The predicted octanol–water partition coefficient (Wildman–Crippen LogP) is -2.86. The minimum atomic E-state index is -1.50. The first-order chi connectivity index (χ1) is 9.07. The van der Waals surface area contributed by atoms with Gasteiger partial charge in [-0.1, -0.05) is 0 Å². The van der Waals surface area contributed by atoms with Gasteiger partial charge in [-0.15, -0.1) is 10.1 Å². The Balaban J connectivity index is 0. The molecule has 1 rings (SSSR count). The van der Waals surface area contributed by atoms with Gasteiger partial charge in [-0.05, 0) is 0 Å². The third-order valence-corrected chi connectivity index (χ3v) is 1.64. The minimum absolute atomic E-state index is 0. The van der Waals surface area contributed by atoms with E-state index in [0.717, 1.165) is 0 Å². The zero-order valence-electron chi connectivity index (χ0n) is 10.1. The fraction of sp³-hybridized carbons (Fsp3) is 0. The molecule has 108 valence electrons. The molecule has 14 nitrogen and oxygen atoms in total. The summed E-state index contributed by atoms with van der Waals surface area (Å²) in [7, 11) is 0. The predicted molar refractivity (Wildman–Crippen MR) is 54.6 cm³/mol. The van der Waals surface area contributed by atoms with E-state index >= 15 is 0 Å². The fourth-order valence-electron chi connectivity index (χ4n) is 0.961. The maximum atomic E-state index is 11.1. The van der Waals surface area contributed by atoms with Crippen molar-refractivity contribution in [3.05, 3.63) is 52.6 Å². The van der Waals surface area contributed by atoms with Crippen LogP contribution in [0.3, 0.4) is 0 Å². The summed E-state index contributed by atoms with van der Waals surface area (Å²) in [6.07, 6.45) is 0. The second kappa shape index (κ2) is 8.56. The Morgan fingerprint density at radius 3 is 1.29 bits per heavy atom. The zero-order chi connectivity index (χ0) is 16.0. The SMILES string of the molecule is O=[N+]([O-])O.O=[N+]([O-])c1cc([N+](=O)[O-])c([O-])c([N+](=O)[O-])c1.[Na+]. The summed E-state index contributed by atoms with van der Waals surface area (Å²) in [4.78, 5) is 35.9. The van der Waals surface area contributed by atoms with Crippen LogP contribution in [0.4, 0.5) is 17.1 Å². The van der Waals surface area contributed by atoms with E-state index in [9.17, 15) is 35.4 Å². The molecule has 0 aromatic heterocycles. The summed E-state index contributed by atoms with van der Waals surface area (Å²) in [5, 5.41) is 55.7. The standard InChI is InChI=1S/C6H3N3O7.HNO3.Na/c10-6-4(8(13)14)1-3(7(11)12)2-5(6)9(15)16;2-1(3)4;/h1-2,10H;(H,2,3,4);/q;;+1/p-1. The third-order valence-electron chi connectivity index (χ3n) is 1.64. The van der Waals surface area contributed by atoms with E-state index in [1.54, 1.807) is 0 Å². The average Bonchev–Trinajstić information content (AvgIpc) is 2.27. The van der Waals surface area contributed by atoms with Gasteiger partial charge in [0.1, 0.15) is 0 Å². The van der Waals surface area contributed by atoms with Crippen LogP contribution in [0, 0.1) is 40.5 Å². The first-order valence-corrected chi connectivity index (χ1v) is 4.19. The molecule has 0 saturated carbocycles. The second-order valence-electron chi connectivity index (χ2n) is 2.82. The van der Waals surface area contributed by atoms with Crippen LogP contribution in [0.15, 0.2) is 12.1 Å². The number of nitro groups is 3. The summed E-state index contributed by atoms with van der Waals surface area (Å²) in [6.45, 7) is 0. The normalized spacial score (nSPS) is 8.57. The average molecular weight is 314 g/mol. The van der Waals surface area contributed by atoms with Gasteiger partial charge < -0.3 is 10.3 Å². The molecule has 1 N–H and O–H groups in total. The molecule has 0 amide bonds. The van der Waals surface area contributed by atoms with E-state index in [0.29, 0.717) is 12.1 Å². The molecule has 0 saturated heterocycles. The summed E-state index contributed by atoms with van der Waals surface area (Å²) >= 11 is 0. The number of rotatable bonds is 3. The van der Waals surface area contributed by atoms with Gasteiger partial charge in [0, 0.05) is 0 Å². The Hall–Kier alpha value is -2.58. The molecule has 0 aliphatic carbocycles. The van der Waals surface area contributed by atoms with Crippen molar-refractivity contribution in [2.24, 2.45) is 0 Å². The van der Waals surface area contributed by atoms with Gasteiger partial charge in [-0.3, -0.25) is 30.3 Å². The Labute approximate surface area is 135 Å². The van der Waals surface area contributed by atoms with Gasteiger partial charge in [-0.25, -0.2) is 0 Å². The van der Waals surface area contributed by atoms with Crippen LogP contribution in [-0.4, -0.2) is 25.1 Å². The van der Waals surface area contributed by atoms with Crippen LogP contribution in [0.25, 0.3) is 0 Å². The molecule has 0 heterocycles. The monoisotopic (exact) mass is 314 g/mol. The van der Waals surface area contributed by atoms with Crippen LogP contribution in [0.5, 0.6) is 5.75 Å². The molecule has 0 spiro atoms. The summed E-state index contributed by atoms with van der Waals surface area (Å²) in [5.41, 5.74) is -3.26. The number of benzene rings is 1. The van der Waals surface area contributed by atoms with Crippen LogP contribution in [-0.2, 0) is 0 Å². The summed E-state index contributed by atoms with van der Waals surface area (Å²) < 4.78 is 0. The molecule has 15 heteroatoms. The van der Waals surface area contributed by atoms with E-state index in [4.69, 9.17) is 15.3 Å². The van der Waals surface area contributed by atoms with Crippen molar-refractivity contribution < 1.29 is 59.7 Å². The largest absolute Gasteiger partial charge is 1.00 e. The van der Waals surface area contributed by atoms with Crippen LogP contribution in [0.1, 0.15) is 0 Å². The van der Waals surface area contributed by atoms with Crippen molar-refractivity contribution in [1.82, 2.24) is 0 Å². The topological polar surface area (TPSA) is 216 Å². The molecule has 0 unspecified atom stereocenters. The number of nitrogens with zero attached hydrogens (tertiary/aromatic N) is 4. The molecule has 0 aliphatic heterocycles. The number of hydrogen-bond acceptors (Lipinski definition) is 9. The van der Waals surface area contributed by atoms with Crippen molar-refractivity contribution in [2.75, 3.05) is 0 Å². The van der Waals surface area contributed by atoms with Crippen molar-refractivity contribution >= 4 is 17.1 Å². The van der Waals surface area contributed by atoms with Gasteiger partial charge in [-0.2, -0.15) is 0 Å². The molecular formula is C6H3N4NaO10. The summed E-state index contributed by atoms with van der Waals surface area (Å²) in [5.74, 6) is -1.46. The first kappa shape index (κ1) is 20.7. The molecular weight excluding hydrogens is 311 g/mol. The Morgan fingerprint density at radius 2 is 1.10 bits per heavy atom. The smallest absolute Gasteiger partial charge is 0.863 e. The van der Waals surface area contributed by atoms with Crippen LogP contribution >= 0.6 is 0 Å².